The number of nitrogens with zero attached hydrogens (tertiary/aromatic N) is 1. The fourth-order valence-electron chi connectivity index (χ4n) is 0.627. The smallest absolute Gasteiger partial charge is 0.207 e. The minimum absolute atomic E-state index is 0.632. The second-order valence-corrected chi connectivity index (χ2v) is 2.32. The third-order valence-corrected chi connectivity index (χ3v) is 1.46. The largest absolute Gasteiger partial charge is 0.256 e. The second kappa shape index (κ2) is 2.40. The highest BCUT2D eigenvalue weighted by Crippen LogP contribution is 2.18. The molecule has 0 aromatic carbocycles. The summed E-state index contributed by atoms with van der Waals surface area (Å²) in [5, 5.41) is 0. The predicted octanol–water partition coefficient (Wildman–Crippen LogP) is 2.21. The van der Waals surface area contributed by atoms with Crippen LogP contribution in [0.3, 0.4) is 0 Å². The van der Waals surface area contributed by atoms with Gasteiger partial charge in [0.2, 0.25) is 6.30 Å². The highest BCUT2D eigenvalue weighted by molar-refractivity contribution is 6.14. The SMILES string of the molecule is CC1=CC=CN(Cl)C1F. The molecule has 9 heavy (non-hydrogen) atoms. The van der Waals surface area contributed by atoms with E-state index >= 15 is 0 Å². The van der Waals surface area contributed by atoms with Gasteiger partial charge in [-0.05, 0) is 18.6 Å². The Hall–Kier alpha value is -0.500. The van der Waals surface area contributed by atoms with Gasteiger partial charge in [0.25, 0.3) is 0 Å². The van der Waals surface area contributed by atoms with E-state index in [-0.39, 0.29) is 0 Å². The first kappa shape index (κ1) is 6.62. The van der Waals surface area contributed by atoms with Crippen LogP contribution in [0.2, 0.25) is 0 Å². The lowest BCUT2D eigenvalue weighted by Gasteiger charge is -2.19. The van der Waals surface area contributed by atoms with Gasteiger partial charge in [-0.15, -0.1) is 0 Å². The van der Waals surface area contributed by atoms with Gasteiger partial charge in [0.1, 0.15) is 0 Å². The summed E-state index contributed by atoms with van der Waals surface area (Å²) in [4.78, 5) is 0. The lowest BCUT2D eigenvalue weighted by atomic mass is 10.2. The first-order valence-electron chi connectivity index (χ1n) is 2.65. The fraction of sp³-hybridized carbons (Fsp3) is 0.333. The van der Waals surface area contributed by atoms with Crippen LogP contribution >= 0.6 is 11.8 Å². The Morgan fingerprint density at radius 1 is 1.78 bits per heavy atom. The van der Waals surface area contributed by atoms with Gasteiger partial charge in [0.15, 0.2) is 0 Å². The van der Waals surface area contributed by atoms with Gasteiger partial charge in [-0.1, -0.05) is 6.08 Å². The minimum atomic E-state index is -1.16. The van der Waals surface area contributed by atoms with Crippen molar-refractivity contribution in [2.75, 3.05) is 0 Å². The van der Waals surface area contributed by atoms with Gasteiger partial charge in [0.05, 0.1) is 0 Å². The molecule has 1 atom stereocenters. The zero-order valence-corrected chi connectivity index (χ0v) is 5.77. The lowest BCUT2D eigenvalue weighted by molar-refractivity contribution is 0.253. The molecule has 0 amide bonds. The van der Waals surface area contributed by atoms with E-state index in [1.165, 1.54) is 6.20 Å². The van der Waals surface area contributed by atoms with Crippen molar-refractivity contribution < 1.29 is 4.39 Å². The molecule has 0 spiro atoms. The van der Waals surface area contributed by atoms with Gasteiger partial charge in [0, 0.05) is 18.0 Å². The molecule has 3 heteroatoms. The highest BCUT2D eigenvalue weighted by atomic mass is 35.5. The number of halogens is 2. The Bertz CT molecular complexity index is 164. The highest BCUT2D eigenvalue weighted by Gasteiger charge is 2.15. The van der Waals surface area contributed by atoms with E-state index in [9.17, 15) is 4.39 Å². The van der Waals surface area contributed by atoms with Crippen molar-refractivity contribution in [2.45, 2.75) is 13.2 Å². The van der Waals surface area contributed by atoms with Crippen molar-refractivity contribution >= 4 is 11.8 Å². The van der Waals surface area contributed by atoms with Crippen LogP contribution in [0.15, 0.2) is 23.9 Å². The molecule has 1 heterocycles. The summed E-state index contributed by atoms with van der Waals surface area (Å²) in [5.74, 6) is 0. The summed E-state index contributed by atoms with van der Waals surface area (Å²) in [6.45, 7) is 1.70. The fourth-order valence-corrected chi connectivity index (χ4v) is 0.846. The van der Waals surface area contributed by atoms with Crippen LogP contribution < -0.4 is 0 Å². The van der Waals surface area contributed by atoms with Crippen LogP contribution in [0.25, 0.3) is 0 Å². The Morgan fingerprint density at radius 3 is 2.89 bits per heavy atom. The van der Waals surface area contributed by atoms with Gasteiger partial charge in [-0.25, -0.2) is 4.39 Å². The molecule has 0 saturated heterocycles. The Morgan fingerprint density at radius 2 is 2.44 bits per heavy atom. The van der Waals surface area contributed by atoms with E-state index in [1.807, 2.05) is 0 Å². The molecule has 0 aromatic heterocycles. The van der Waals surface area contributed by atoms with Gasteiger partial charge in [-0.2, -0.15) is 0 Å². The van der Waals surface area contributed by atoms with Crippen LogP contribution in [-0.4, -0.2) is 10.7 Å². The van der Waals surface area contributed by atoms with Crippen molar-refractivity contribution in [3.63, 3.8) is 0 Å². The Balaban J connectivity index is 2.73. The van der Waals surface area contributed by atoms with Crippen LogP contribution in [0.5, 0.6) is 0 Å². The molecule has 0 saturated carbocycles. The summed E-state index contributed by atoms with van der Waals surface area (Å²) in [5.41, 5.74) is 0.632. The van der Waals surface area contributed by atoms with Crippen molar-refractivity contribution in [1.29, 1.82) is 0 Å². The summed E-state index contributed by atoms with van der Waals surface area (Å²) < 4.78 is 13.7. The Labute approximate surface area is 58.5 Å². The monoisotopic (exact) mass is 147 g/mol. The van der Waals surface area contributed by atoms with Gasteiger partial charge in [-0.3, -0.25) is 4.42 Å². The first-order valence-corrected chi connectivity index (χ1v) is 2.99. The third-order valence-electron chi connectivity index (χ3n) is 1.18. The Kier molecular flexibility index (Phi) is 1.76. The van der Waals surface area contributed by atoms with E-state index in [4.69, 9.17) is 11.8 Å². The van der Waals surface area contributed by atoms with Crippen molar-refractivity contribution in [3.8, 4) is 0 Å². The van der Waals surface area contributed by atoms with E-state index < -0.39 is 6.30 Å². The maximum atomic E-state index is 12.6. The molecule has 50 valence electrons. The number of hydrogen-bond acceptors (Lipinski definition) is 1. The maximum absolute atomic E-state index is 12.6. The summed E-state index contributed by atoms with van der Waals surface area (Å²) in [7, 11) is 0. The zero-order valence-electron chi connectivity index (χ0n) is 5.01. The van der Waals surface area contributed by atoms with Crippen LogP contribution in [0, 0.1) is 0 Å². The molecular formula is C6H7ClFN. The molecule has 1 aliphatic rings. The molecule has 0 aliphatic carbocycles. The van der Waals surface area contributed by atoms with Crippen molar-refractivity contribution in [2.24, 2.45) is 0 Å². The van der Waals surface area contributed by atoms with Gasteiger partial charge >= 0.3 is 0 Å². The van der Waals surface area contributed by atoms with Crippen LogP contribution in [-0.2, 0) is 0 Å². The predicted molar refractivity (Wildman–Crippen MR) is 35.5 cm³/mol. The molecule has 1 nitrogen and oxygen atoms in total. The van der Waals surface area contributed by atoms with Crippen molar-refractivity contribution in [1.82, 2.24) is 4.42 Å². The second-order valence-electron chi connectivity index (χ2n) is 1.93. The normalized spacial score (nSPS) is 26.3. The number of hydrogen-bond donors (Lipinski definition) is 0. The average molecular weight is 148 g/mol. The van der Waals surface area contributed by atoms with E-state index in [0.29, 0.717) is 5.57 Å². The van der Waals surface area contributed by atoms with Gasteiger partial charge < -0.3 is 0 Å². The lowest BCUT2D eigenvalue weighted by Crippen LogP contribution is -2.20. The molecule has 0 N–H and O–H groups in total. The quantitative estimate of drug-likeness (QED) is 0.375. The summed E-state index contributed by atoms with van der Waals surface area (Å²) in [6, 6.07) is 0. The minimum Gasteiger partial charge on any atom is -0.256 e. The number of rotatable bonds is 0. The molecular weight excluding hydrogens is 141 g/mol. The van der Waals surface area contributed by atoms with Crippen molar-refractivity contribution in [3.05, 3.63) is 23.9 Å². The molecule has 0 fully saturated rings. The van der Waals surface area contributed by atoms with E-state index in [1.54, 1.807) is 19.1 Å². The number of allylic oxidation sites excluding steroid dienone is 2. The van der Waals surface area contributed by atoms with E-state index in [0.717, 1.165) is 4.42 Å². The maximum Gasteiger partial charge on any atom is 0.207 e. The van der Waals surface area contributed by atoms with E-state index in [2.05, 4.69) is 0 Å². The third kappa shape index (κ3) is 1.24. The standard InChI is InChI=1S/C6H7ClFN/c1-5-3-2-4-9(7)6(5)8/h2-4,6H,1H3. The van der Waals surface area contributed by atoms with Crippen LogP contribution in [0.4, 0.5) is 4.39 Å². The molecule has 0 aromatic rings. The molecule has 1 aliphatic heterocycles. The zero-order chi connectivity index (χ0) is 6.85. The summed E-state index contributed by atoms with van der Waals surface area (Å²) in [6.07, 6.45) is 3.73. The number of alkyl halides is 1. The molecule has 0 bridgehead atoms. The molecule has 1 rings (SSSR count). The molecule has 0 radical (unpaired) electrons. The average Bonchev–Trinajstić information content (AvgIpc) is 1.83. The topological polar surface area (TPSA) is 3.24 Å². The molecule has 1 unspecified atom stereocenters. The summed E-state index contributed by atoms with van der Waals surface area (Å²) >= 11 is 5.39. The van der Waals surface area contributed by atoms with Crippen LogP contribution in [0.1, 0.15) is 6.92 Å². The first-order chi connectivity index (χ1) is 4.22.